The Morgan fingerprint density at radius 3 is 2.30 bits per heavy atom. The van der Waals surface area contributed by atoms with Gasteiger partial charge < -0.3 is 28.4 Å². The molecule has 1 aliphatic rings. The zero-order chi connectivity index (χ0) is 28.6. The molecule has 1 fully saturated rings. The van der Waals surface area contributed by atoms with Crippen molar-refractivity contribution in [2.24, 2.45) is 5.92 Å². The molecule has 0 N–H and O–H groups in total. The van der Waals surface area contributed by atoms with Crippen molar-refractivity contribution in [1.29, 1.82) is 0 Å². The largest absolute Gasteiger partial charge is 0.493 e. The molecule has 40 heavy (non-hydrogen) atoms. The highest BCUT2D eigenvalue weighted by Crippen LogP contribution is 2.38. The fourth-order valence-corrected chi connectivity index (χ4v) is 4.33. The van der Waals surface area contributed by atoms with Crippen molar-refractivity contribution in [2.45, 2.75) is 32.0 Å². The molecule has 0 aliphatic heterocycles. The van der Waals surface area contributed by atoms with Crippen LogP contribution in [0.25, 0.3) is 0 Å². The number of pyridine rings is 1. The van der Waals surface area contributed by atoms with E-state index in [1.807, 2.05) is 0 Å². The SMILES string of the molecule is COc1ccc(OCC(=O)O[C@@H](Cc2c(Cl)cncc2Cl)c2ccc(OC(F)F)c(OCC3CC3)c2)cc1OC. The molecule has 1 aliphatic carbocycles. The number of ether oxygens (including phenoxy) is 6. The quantitative estimate of drug-likeness (QED) is 0.190. The second kappa shape index (κ2) is 13.7. The van der Waals surface area contributed by atoms with E-state index >= 15 is 0 Å². The van der Waals surface area contributed by atoms with Gasteiger partial charge in [0.15, 0.2) is 29.6 Å². The lowest BCUT2D eigenvalue weighted by atomic mass is 10.0. The minimum Gasteiger partial charge on any atom is -0.493 e. The van der Waals surface area contributed by atoms with Crippen LogP contribution in [0, 0.1) is 5.92 Å². The molecule has 1 saturated carbocycles. The summed E-state index contributed by atoms with van der Waals surface area (Å²) < 4.78 is 58.3. The van der Waals surface area contributed by atoms with Crippen LogP contribution >= 0.6 is 23.2 Å². The van der Waals surface area contributed by atoms with Gasteiger partial charge in [-0.05, 0) is 54.2 Å². The van der Waals surface area contributed by atoms with E-state index in [1.54, 1.807) is 18.2 Å². The Hall–Kier alpha value is -3.50. The summed E-state index contributed by atoms with van der Waals surface area (Å²) >= 11 is 12.7. The van der Waals surface area contributed by atoms with Gasteiger partial charge in [0.05, 0.1) is 30.9 Å². The summed E-state index contributed by atoms with van der Waals surface area (Å²) in [5.41, 5.74) is 0.945. The van der Waals surface area contributed by atoms with Crippen LogP contribution in [0.4, 0.5) is 8.78 Å². The molecule has 0 unspecified atom stereocenters. The molecule has 3 aromatic rings. The predicted octanol–water partition coefficient (Wildman–Crippen LogP) is 6.70. The number of nitrogens with zero attached hydrogens (tertiary/aromatic N) is 1. The highest BCUT2D eigenvalue weighted by molar-refractivity contribution is 6.35. The van der Waals surface area contributed by atoms with Crippen LogP contribution in [0.2, 0.25) is 10.0 Å². The van der Waals surface area contributed by atoms with E-state index in [2.05, 4.69) is 9.72 Å². The smallest absolute Gasteiger partial charge is 0.387 e. The Balaban J connectivity index is 1.56. The van der Waals surface area contributed by atoms with Gasteiger partial charge in [-0.25, -0.2) is 4.79 Å². The van der Waals surface area contributed by atoms with E-state index in [-0.39, 0.29) is 28.0 Å². The fraction of sp³-hybridized carbons (Fsp3) is 0.357. The molecule has 1 aromatic heterocycles. The van der Waals surface area contributed by atoms with Crippen LogP contribution in [0.3, 0.4) is 0 Å². The second-order valence-corrected chi connectivity index (χ2v) is 9.72. The second-order valence-electron chi connectivity index (χ2n) is 8.91. The average Bonchev–Trinajstić information content (AvgIpc) is 3.77. The molecule has 1 heterocycles. The number of benzene rings is 2. The third-order valence-electron chi connectivity index (χ3n) is 6.05. The maximum Gasteiger partial charge on any atom is 0.387 e. The minimum absolute atomic E-state index is 0.0689. The number of hydrogen-bond donors (Lipinski definition) is 0. The highest BCUT2D eigenvalue weighted by atomic mass is 35.5. The van der Waals surface area contributed by atoms with Gasteiger partial charge in [0.1, 0.15) is 11.9 Å². The van der Waals surface area contributed by atoms with E-state index in [1.165, 1.54) is 44.8 Å². The molecule has 0 spiro atoms. The van der Waals surface area contributed by atoms with Gasteiger partial charge in [-0.1, -0.05) is 29.3 Å². The number of hydrogen-bond acceptors (Lipinski definition) is 8. The standard InChI is InChI=1S/C28H27Cl2F2NO7/c1-35-22-8-6-18(10-25(22)36-2)37-15-27(34)39-24(11-19-20(29)12-33-13-21(19)30)17-5-7-23(40-28(31)32)26(9-17)38-14-16-3-4-16/h5-10,12-13,16,24,28H,3-4,11,14-15H2,1-2H3/t24-/m0/s1. The topological polar surface area (TPSA) is 85.3 Å². The molecule has 4 rings (SSSR count). The predicted molar refractivity (Wildman–Crippen MR) is 143 cm³/mol. The van der Waals surface area contributed by atoms with Crippen LogP contribution in [-0.4, -0.2) is 45.0 Å². The third-order valence-corrected chi connectivity index (χ3v) is 6.71. The summed E-state index contributed by atoms with van der Waals surface area (Å²) in [6, 6.07) is 9.20. The van der Waals surface area contributed by atoms with Gasteiger partial charge in [0.25, 0.3) is 0 Å². The van der Waals surface area contributed by atoms with Crippen LogP contribution < -0.4 is 23.7 Å². The molecule has 2 aromatic carbocycles. The van der Waals surface area contributed by atoms with Crippen LogP contribution in [0.1, 0.15) is 30.1 Å². The Morgan fingerprint density at radius 1 is 0.950 bits per heavy atom. The first kappa shape index (κ1) is 29.5. The average molecular weight is 598 g/mol. The lowest BCUT2D eigenvalue weighted by Crippen LogP contribution is -2.20. The van der Waals surface area contributed by atoms with Crippen molar-refractivity contribution in [3.05, 3.63) is 70.0 Å². The number of rotatable bonds is 14. The first-order valence-electron chi connectivity index (χ1n) is 12.3. The maximum absolute atomic E-state index is 13.0. The van der Waals surface area contributed by atoms with E-state index in [0.717, 1.165) is 12.8 Å². The first-order chi connectivity index (χ1) is 19.3. The molecule has 0 bridgehead atoms. The number of methoxy groups -OCH3 is 2. The Bertz CT molecular complexity index is 1300. The highest BCUT2D eigenvalue weighted by Gasteiger charge is 2.26. The number of esters is 1. The number of carbonyl (C=O) groups is 1. The van der Waals surface area contributed by atoms with Crippen molar-refractivity contribution < 1.29 is 42.0 Å². The van der Waals surface area contributed by atoms with Crippen molar-refractivity contribution in [2.75, 3.05) is 27.4 Å². The van der Waals surface area contributed by atoms with Gasteiger partial charge in [-0.3, -0.25) is 4.98 Å². The summed E-state index contributed by atoms with van der Waals surface area (Å²) in [7, 11) is 2.99. The number of halogens is 4. The Kier molecular flexibility index (Phi) is 10.1. The van der Waals surface area contributed by atoms with E-state index in [4.69, 9.17) is 46.9 Å². The molecule has 0 saturated heterocycles. The molecular formula is C28H27Cl2F2NO7. The summed E-state index contributed by atoms with van der Waals surface area (Å²) in [6.45, 7) is -3.11. The van der Waals surface area contributed by atoms with E-state index in [9.17, 15) is 13.6 Å². The summed E-state index contributed by atoms with van der Waals surface area (Å²) in [4.78, 5) is 16.9. The lowest BCUT2D eigenvalue weighted by molar-refractivity contribution is -0.151. The number of aromatic nitrogens is 1. The first-order valence-corrected chi connectivity index (χ1v) is 13.1. The van der Waals surface area contributed by atoms with Gasteiger partial charge in [0.2, 0.25) is 0 Å². The zero-order valence-corrected chi connectivity index (χ0v) is 23.2. The van der Waals surface area contributed by atoms with Crippen molar-refractivity contribution >= 4 is 29.2 Å². The summed E-state index contributed by atoms with van der Waals surface area (Å²) in [5.74, 6) is 0.936. The molecular weight excluding hydrogens is 571 g/mol. The molecule has 8 nitrogen and oxygen atoms in total. The van der Waals surface area contributed by atoms with Gasteiger partial charge in [-0.15, -0.1) is 0 Å². The van der Waals surface area contributed by atoms with E-state index < -0.39 is 25.3 Å². The Morgan fingerprint density at radius 2 is 1.65 bits per heavy atom. The zero-order valence-electron chi connectivity index (χ0n) is 21.7. The maximum atomic E-state index is 13.0. The van der Waals surface area contributed by atoms with Gasteiger partial charge in [0, 0.05) is 24.9 Å². The summed E-state index contributed by atoms with van der Waals surface area (Å²) in [5, 5.41) is 0.552. The van der Waals surface area contributed by atoms with Crippen molar-refractivity contribution in [3.63, 3.8) is 0 Å². The molecule has 12 heteroatoms. The van der Waals surface area contributed by atoms with Crippen LogP contribution in [-0.2, 0) is 16.0 Å². The van der Waals surface area contributed by atoms with Crippen LogP contribution in [0.15, 0.2) is 48.8 Å². The number of carbonyl (C=O) groups excluding carboxylic acids is 1. The van der Waals surface area contributed by atoms with Crippen molar-refractivity contribution in [3.8, 4) is 28.7 Å². The van der Waals surface area contributed by atoms with Gasteiger partial charge >= 0.3 is 12.6 Å². The Labute approximate surface area is 240 Å². The number of alkyl halides is 2. The van der Waals surface area contributed by atoms with Crippen molar-refractivity contribution in [1.82, 2.24) is 4.98 Å². The summed E-state index contributed by atoms with van der Waals surface area (Å²) in [6.07, 6.45) is 3.99. The third kappa shape index (κ3) is 8.02. The molecule has 0 amide bonds. The molecule has 214 valence electrons. The fourth-order valence-electron chi connectivity index (χ4n) is 3.81. The van der Waals surface area contributed by atoms with E-state index in [0.29, 0.717) is 40.9 Å². The molecule has 0 radical (unpaired) electrons. The monoisotopic (exact) mass is 597 g/mol. The normalized spacial score (nSPS) is 13.5. The minimum atomic E-state index is -3.04. The van der Waals surface area contributed by atoms with Gasteiger partial charge in [-0.2, -0.15) is 8.78 Å². The lowest BCUT2D eigenvalue weighted by Gasteiger charge is -2.21. The van der Waals surface area contributed by atoms with Crippen LogP contribution in [0.5, 0.6) is 28.7 Å². The molecule has 1 atom stereocenters.